The van der Waals surface area contributed by atoms with Crippen molar-refractivity contribution >= 4 is 26.8 Å². The molecule has 2 heterocycles. The molecule has 98 valence electrons. The number of piperazine rings is 1. The van der Waals surface area contributed by atoms with Crippen LogP contribution in [0.15, 0.2) is 0 Å². The number of nitrogens with one attached hydrogen (secondary N) is 1. The van der Waals surface area contributed by atoms with E-state index in [1.54, 1.807) is 0 Å². The van der Waals surface area contributed by atoms with Gasteiger partial charge in [-0.2, -0.15) is 0 Å². The fraction of sp³-hybridized carbons (Fsp3) is 0.909. The van der Waals surface area contributed by atoms with Gasteiger partial charge in [-0.15, -0.1) is 0 Å². The summed E-state index contributed by atoms with van der Waals surface area (Å²) in [5.74, 6) is 0. The molecule has 0 aliphatic carbocycles. The molecule has 1 N–H and O–H groups in total. The van der Waals surface area contributed by atoms with E-state index in [-0.39, 0.29) is 0 Å². The number of rotatable bonds is 1. The normalized spacial score (nSPS) is 39.8. The van der Waals surface area contributed by atoms with Crippen molar-refractivity contribution in [3.05, 3.63) is 0 Å². The molecule has 4 nitrogen and oxygen atoms in total. The standard InChI is InChI=1S/C11H22N4S2/c1-8-7-15(9(2)6-14(8)5)11-12-10(13(3)4)16-17-11/h8-10H,6-7H2,1-5H3/p+1. The Hall–Kier alpha value is 0.0900. The molecular formula is C11H23N4S2+. The second kappa shape index (κ2) is 5.38. The molecule has 0 spiro atoms. The summed E-state index contributed by atoms with van der Waals surface area (Å²) in [4.78, 5) is 4.66. The van der Waals surface area contributed by atoms with Gasteiger partial charge in [-0.05, 0) is 45.8 Å². The first-order chi connectivity index (χ1) is 7.99. The summed E-state index contributed by atoms with van der Waals surface area (Å²) in [6, 6.07) is 1.22. The molecular weight excluding hydrogens is 252 g/mol. The highest BCUT2D eigenvalue weighted by Gasteiger charge is 2.36. The van der Waals surface area contributed by atoms with Crippen LogP contribution in [0.2, 0.25) is 0 Å². The predicted octanol–water partition coefficient (Wildman–Crippen LogP) is 0.907. The van der Waals surface area contributed by atoms with Gasteiger partial charge in [-0.3, -0.25) is 14.4 Å². The summed E-state index contributed by atoms with van der Waals surface area (Å²) in [5.41, 5.74) is 0.400. The van der Waals surface area contributed by atoms with Gasteiger partial charge in [0.15, 0.2) is 0 Å². The van der Waals surface area contributed by atoms with Crippen molar-refractivity contribution in [2.24, 2.45) is 0 Å². The first-order valence-electron chi connectivity index (χ1n) is 6.09. The summed E-state index contributed by atoms with van der Waals surface area (Å²) in [7, 11) is 10.2. The lowest BCUT2D eigenvalue weighted by molar-refractivity contribution is -0.579. The molecule has 0 saturated carbocycles. The third-order valence-corrected chi connectivity index (χ3v) is 6.13. The monoisotopic (exact) mass is 275 g/mol. The van der Waals surface area contributed by atoms with Crippen LogP contribution in [-0.2, 0) is 0 Å². The zero-order valence-corrected chi connectivity index (χ0v) is 12.9. The Kier molecular flexibility index (Phi) is 4.28. The number of hydrogen-bond donors (Lipinski definition) is 1. The van der Waals surface area contributed by atoms with Crippen LogP contribution in [0.3, 0.4) is 0 Å². The molecule has 0 radical (unpaired) electrons. The van der Waals surface area contributed by atoms with E-state index in [2.05, 4.69) is 54.7 Å². The fourth-order valence-electron chi connectivity index (χ4n) is 2.17. The predicted molar refractivity (Wildman–Crippen MR) is 77.5 cm³/mol. The van der Waals surface area contributed by atoms with E-state index >= 15 is 0 Å². The Balaban J connectivity index is 2.11. The Morgan fingerprint density at radius 2 is 2.12 bits per heavy atom. The highest BCUT2D eigenvalue weighted by atomic mass is 33.1. The van der Waals surface area contributed by atoms with Crippen LogP contribution in [0.25, 0.3) is 0 Å². The molecule has 17 heavy (non-hydrogen) atoms. The number of amidine groups is 1. The Morgan fingerprint density at radius 3 is 2.71 bits per heavy atom. The third kappa shape index (κ3) is 2.92. The summed E-state index contributed by atoms with van der Waals surface area (Å²) in [6.07, 6.45) is 0. The van der Waals surface area contributed by atoms with Gasteiger partial charge in [0.25, 0.3) is 0 Å². The second-order valence-electron chi connectivity index (χ2n) is 5.23. The third-order valence-electron chi connectivity index (χ3n) is 3.49. The lowest BCUT2D eigenvalue weighted by atomic mass is 10.1. The van der Waals surface area contributed by atoms with Crippen LogP contribution >= 0.6 is 21.6 Å². The molecule has 0 aromatic heterocycles. The molecule has 2 aliphatic heterocycles. The smallest absolute Gasteiger partial charge is 0.296 e. The van der Waals surface area contributed by atoms with Gasteiger partial charge in [-0.25, -0.2) is 5.32 Å². The van der Waals surface area contributed by atoms with Gasteiger partial charge < -0.3 is 0 Å². The molecule has 2 aliphatic rings. The van der Waals surface area contributed by atoms with Gasteiger partial charge in [0.1, 0.15) is 12.6 Å². The highest BCUT2D eigenvalue weighted by Crippen LogP contribution is 2.34. The molecule has 2 rings (SSSR count). The van der Waals surface area contributed by atoms with E-state index in [1.807, 2.05) is 21.6 Å². The maximum absolute atomic E-state index is 3.60. The van der Waals surface area contributed by atoms with Crippen LogP contribution in [0.1, 0.15) is 13.8 Å². The van der Waals surface area contributed by atoms with Crippen LogP contribution < -0.4 is 5.32 Å². The first kappa shape index (κ1) is 13.5. The highest BCUT2D eigenvalue weighted by molar-refractivity contribution is 8.83. The van der Waals surface area contributed by atoms with Crippen molar-refractivity contribution in [1.29, 1.82) is 0 Å². The lowest BCUT2D eigenvalue weighted by Gasteiger charge is -2.34. The largest absolute Gasteiger partial charge is 0.319 e. The quantitative estimate of drug-likeness (QED) is 0.565. The zero-order valence-electron chi connectivity index (χ0n) is 11.3. The molecule has 0 amide bonds. The van der Waals surface area contributed by atoms with E-state index in [0.29, 0.717) is 17.6 Å². The van der Waals surface area contributed by atoms with Crippen LogP contribution in [0.4, 0.5) is 0 Å². The lowest BCUT2D eigenvalue weighted by Crippen LogP contribution is -2.54. The van der Waals surface area contributed by atoms with Crippen LogP contribution in [0, 0.1) is 0 Å². The van der Waals surface area contributed by atoms with Gasteiger partial charge >= 0.3 is 5.17 Å². The van der Waals surface area contributed by atoms with Crippen molar-refractivity contribution in [2.75, 3.05) is 34.2 Å². The summed E-state index contributed by atoms with van der Waals surface area (Å²) in [5, 5.41) is 4.94. The topological polar surface area (TPSA) is 21.5 Å². The minimum Gasteiger partial charge on any atom is -0.296 e. The minimum absolute atomic E-state index is 0.400. The fourth-order valence-corrected chi connectivity index (χ4v) is 4.91. The summed E-state index contributed by atoms with van der Waals surface area (Å²) >= 11 is 0. The maximum atomic E-state index is 3.60. The molecule has 3 unspecified atom stereocenters. The number of hydrogen-bond acceptors (Lipinski definition) is 4. The molecule has 0 bridgehead atoms. The second-order valence-corrected chi connectivity index (χ2v) is 7.50. The van der Waals surface area contributed by atoms with E-state index in [4.69, 9.17) is 0 Å². The number of likely N-dealkylation sites (N-methyl/N-ethyl adjacent to an activating group) is 1. The van der Waals surface area contributed by atoms with E-state index in [9.17, 15) is 0 Å². The van der Waals surface area contributed by atoms with E-state index < -0.39 is 0 Å². The Bertz CT molecular complexity index is 319. The molecule has 2 fully saturated rings. The number of nitrogens with zero attached hydrogens (tertiary/aromatic N) is 3. The molecule has 2 saturated heterocycles. The van der Waals surface area contributed by atoms with Gasteiger partial charge in [0.05, 0.1) is 0 Å². The van der Waals surface area contributed by atoms with Crippen LogP contribution in [-0.4, -0.2) is 71.4 Å². The van der Waals surface area contributed by atoms with Crippen molar-refractivity contribution in [2.45, 2.75) is 31.4 Å². The molecule has 0 aromatic rings. The molecule has 3 atom stereocenters. The summed E-state index contributed by atoms with van der Waals surface area (Å²) in [6.45, 7) is 6.87. The van der Waals surface area contributed by atoms with Crippen molar-refractivity contribution in [3.63, 3.8) is 0 Å². The van der Waals surface area contributed by atoms with Gasteiger partial charge in [-0.1, -0.05) is 0 Å². The van der Waals surface area contributed by atoms with E-state index in [1.165, 1.54) is 5.17 Å². The zero-order chi connectivity index (χ0) is 12.6. The average molecular weight is 275 g/mol. The molecule has 6 heteroatoms. The van der Waals surface area contributed by atoms with E-state index in [0.717, 1.165) is 13.1 Å². The first-order valence-corrected chi connectivity index (χ1v) is 8.30. The summed E-state index contributed by atoms with van der Waals surface area (Å²) < 4.78 is 2.52. The maximum Gasteiger partial charge on any atom is 0.319 e. The van der Waals surface area contributed by atoms with Crippen molar-refractivity contribution in [3.8, 4) is 0 Å². The Labute approximate surface area is 112 Å². The van der Waals surface area contributed by atoms with Crippen LogP contribution in [0.5, 0.6) is 0 Å². The van der Waals surface area contributed by atoms with Crippen molar-refractivity contribution < 1.29 is 4.58 Å². The van der Waals surface area contributed by atoms with Crippen molar-refractivity contribution in [1.82, 2.24) is 15.1 Å². The Morgan fingerprint density at radius 1 is 1.41 bits per heavy atom. The van der Waals surface area contributed by atoms with Gasteiger partial charge in [0, 0.05) is 23.4 Å². The molecule has 0 aromatic carbocycles. The average Bonchev–Trinajstić information content (AvgIpc) is 2.72. The SMILES string of the molecule is CC1C[N+](=C2NC(N(C)C)SS2)C(C)CN1C. The minimum atomic E-state index is 0.400. The van der Waals surface area contributed by atoms with Gasteiger partial charge in [0.2, 0.25) is 5.50 Å².